The van der Waals surface area contributed by atoms with Crippen molar-refractivity contribution in [2.75, 3.05) is 31.9 Å². The first-order valence-electron chi connectivity index (χ1n) is 14.0. The van der Waals surface area contributed by atoms with Crippen LogP contribution >= 0.6 is 0 Å². The van der Waals surface area contributed by atoms with Crippen molar-refractivity contribution >= 4 is 22.8 Å². The van der Waals surface area contributed by atoms with E-state index in [1.54, 1.807) is 0 Å². The number of nitrogens with two attached hydrogens (primary N) is 1. The van der Waals surface area contributed by atoms with E-state index in [2.05, 4.69) is 55.2 Å². The molecular weight excluding hydrogens is 488 g/mol. The van der Waals surface area contributed by atoms with Crippen molar-refractivity contribution in [3.63, 3.8) is 0 Å². The maximum atomic E-state index is 12.4. The van der Waals surface area contributed by atoms with Crippen molar-refractivity contribution in [2.45, 2.75) is 44.8 Å². The number of amides is 1. The van der Waals surface area contributed by atoms with Gasteiger partial charge in [0.05, 0.1) is 11.9 Å². The highest BCUT2D eigenvalue weighted by Crippen LogP contribution is 2.43. The second-order valence-electron chi connectivity index (χ2n) is 10.8. The molecule has 1 saturated heterocycles. The monoisotopic (exact) mass is 524 g/mol. The maximum absolute atomic E-state index is 12.4. The Morgan fingerprint density at radius 2 is 1.85 bits per heavy atom. The summed E-state index contributed by atoms with van der Waals surface area (Å²) in [6.45, 7) is 3.83. The lowest BCUT2D eigenvalue weighted by Gasteiger charge is -2.37. The highest BCUT2D eigenvalue weighted by molar-refractivity contribution is 6.00. The number of likely N-dealkylation sites (tertiary alicyclic amines) is 1. The largest absolute Gasteiger partial charge is 0.489 e. The molecule has 1 amide bonds. The zero-order valence-corrected chi connectivity index (χ0v) is 22.3. The SMILES string of the molecule is Nc1ncnc2c1c(-c1cccc(OCc3ccccc3)c1)cn2[C@H]1C[C@@H](CNC(=O)CN2CCCCC2)C1. The fourth-order valence-electron chi connectivity index (χ4n) is 5.83. The van der Waals surface area contributed by atoms with E-state index in [0.29, 0.717) is 30.9 Å². The fourth-order valence-corrected chi connectivity index (χ4v) is 5.83. The van der Waals surface area contributed by atoms with E-state index < -0.39 is 0 Å². The summed E-state index contributed by atoms with van der Waals surface area (Å²) in [7, 11) is 0. The Labute approximate surface area is 229 Å². The molecule has 2 fully saturated rings. The summed E-state index contributed by atoms with van der Waals surface area (Å²) >= 11 is 0. The average Bonchev–Trinajstić information content (AvgIpc) is 3.33. The minimum atomic E-state index is 0.143. The number of nitrogens with one attached hydrogen (secondary N) is 1. The van der Waals surface area contributed by atoms with Gasteiger partial charge in [-0.2, -0.15) is 0 Å². The van der Waals surface area contributed by atoms with E-state index in [4.69, 9.17) is 10.5 Å². The van der Waals surface area contributed by atoms with Gasteiger partial charge in [0.25, 0.3) is 0 Å². The third-order valence-corrected chi connectivity index (χ3v) is 8.04. The summed E-state index contributed by atoms with van der Waals surface area (Å²) in [4.78, 5) is 23.6. The summed E-state index contributed by atoms with van der Waals surface area (Å²) in [6, 6.07) is 18.6. The first-order chi connectivity index (χ1) is 19.1. The van der Waals surface area contributed by atoms with Crippen LogP contribution in [-0.4, -0.2) is 51.5 Å². The molecule has 6 rings (SSSR count). The average molecular weight is 525 g/mol. The molecule has 39 heavy (non-hydrogen) atoms. The Kier molecular flexibility index (Phi) is 7.45. The number of nitrogens with zero attached hydrogens (tertiary/aromatic N) is 4. The first-order valence-corrected chi connectivity index (χ1v) is 14.0. The molecule has 8 heteroatoms. The molecule has 3 N–H and O–H groups in total. The molecule has 1 saturated carbocycles. The third-order valence-electron chi connectivity index (χ3n) is 8.04. The number of nitrogen functional groups attached to an aromatic ring is 1. The molecule has 2 aliphatic rings. The normalized spacial score (nSPS) is 19.5. The van der Waals surface area contributed by atoms with Crippen molar-refractivity contribution in [2.24, 2.45) is 5.92 Å². The second-order valence-corrected chi connectivity index (χ2v) is 10.8. The zero-order valence-electron chi connectivity index (χ0n) is 22.3. The number of ether oxygens (including phenoxy) is 1. The molecule has 0 radical (unpaired) electrons. The number of benzene rings is 2. The molecule has 0 atom stereocenters. The Balaban J connectivity index is 1.13. The van der Waals surface area contributed by atoms with E-state index >= 15 is 0 Å². The van der Waals surface area contributed by atoms with Crippen LogP contribution in [0.25, 0.3) is 22.2 Å². The van der Waals surface area contributed by atoms with Crippen LogP contribution in [0, 0.1) is 5.92 Å². The van der Waals surface area contributed by atoms with Crippen LogP contribution < -0.4 is 15.8 Å². The highest BCUT2D eigenvalue weighted by Gasteiger charge is 2.33. The van der Waals surface area contributed by atoms with Crippen LogP contribution in [0.4, 0.5) is 5.82 Å². The molecule has 0 unspecified atom stereocenters. The molecule has 2 aromatic heterocycles. The molecule has 202 valence electrons. The molecule has 2 aromatic carbocycles. The van der Waals surface area contributed by atoms with Crippen LogP contribution in [0.5, 0.6) is 5.75 Å². The summed E-state index contributed by atoms with van der Waals surface area (Å²) in [6.07, 6.45) is 9.36. The van der Waals surface area contributed by atoms with Gasteiger partial charge in [-0.1, -0.05) is 48.9 Å². The Morgan fingerprint density at radius 3 is 2.67 bits per heavy atom. The quantitative estimate of drug-likeness (QED) is 0.326. The van der Waals surface area contributed by atoms with Crippen molar-refractivity contribution in [1.82, 2.24) is 24.8 Å². The lowest BCUT2D eigenvalue weighted by atomic mass is 9.80. The number of hydrogen-bond acceptors (Lipinski definition) is 6. The number of hydrogen-bond donors (Lipinski definition) is 2. The Morgan fingerprint density at radius 1 is 1.03 bits per heavy atom. The van der Waals surface area contributed by atoms with E-state index in [1.165, 1.54) is 25.6 Å². The number of aromatic nitrogens is 3. The molecule has 3 heterocycles. The van der Waals surface area contributed by atoms with Crippen LogP contribution in [0.2, 0.25) is 0 Å². The van der Waals surface area contributed by atoms with Gasteiger partial charge in [0.1, 0.15) is 30.1 Å². The lowest BCUT2D eigenvalue weighted by Crippen LogP contribution is -2.43. The van der Waals surface area contributed by atoms with E-state index in [9.17, 15) is 4.79 Å². The van der Waals surface area contributed by atoms with Gasteiger partial charge in [-0.3, -0.25) is 9.69 Å². The first kappa shape index (κ1) is 25.4. The number of carbonyl (C=O) groups is 1. The number of anilines is 1. The fraction of sp³-hybridized carbons (Fsp3) is 0.387. The highest BCUT2D eigenvalue weighted by atomic mass is 16.5. The molecule has 4 aromatic rings. The van der Waals surface area contributed by atoms with Gasteiger partial charge in [0.15, 0.2) is 0 Å². The van der Waals surface area contributed by atoms with Crippen molar-refractivity contribution in [3.05, 3.63) is 72.7 Å². The Hall–Kier alpha value is -3.91. The third kappa shape index (κ3) is 5.76. The van der Waals surface area contributed by atoms with Gasteiger partial charge in [0.2, 0.25) is 5.91 Å². The van der Waals surface area contributed by atoms with Crippen LogP contribution in [0.3, 0.4) is 0 Å². The van der Waals surface area contributed by atoms with E-state index in [0.717, 1.165) is 65.9 Å². The second kappa shape index (κ2) is 11.5. The van der Waals surface area contributed by atoms with Gasteiger partial charge in [-0.15, -0.1) is 0 Å². The number of piperidine rings is 1. The van der Waals surface area contributed by atoms with E-state index in [1.807, 2.05) is 30.3 Å². The zero-order chi connectivity index (χ0) is 26.6. The van der Waals surface area contributed by atoms with E-state index in [-0.39, 0.29) is 5.91 Å². The molecule has 1 aliphatic carbocycles. The standard InChI is InChI=1S/C31H36N6O2/c32-30-29-27(24-10-7-11-26(16-24)39-20-22-8-3-1-4-9-22)18-37(31(29)35-21-34-30)25-14-23(15-25)17-33-28(38)19-36-12-5-2-6-13-36/h1,3-4,7-11,16,18,21,23,25H,2,5-6,12-15,17,19-20H2,(H,33,38)(H2,32,34,35)/t23-,25+. The molecule has 8 nitrogen and oxygen atoms in total. The van der Waals surface area contributed by atoms with Crippen molar-refractivity contribution in [1.29, 1.82) is 0 Å². The summed E-state index contributed by atoms with van der Waals surface area (Å²) in [5.41, 5.74) is 10.4. The van der Waals surface area contributed by atoms with Crippen LogP contribution in [0.15, 0.2) is 67.1 Å². The van der Waals surface area contributed by atoms with Crippen LogP contribution in [-0.2, 0) is 11.4 Å². The van der Waals surface area contributed by atoms with Gasteiger partial charge < -0.3 is 20.4 Å². The van der Waals surface area contributed by atoms with Gasteiger partial charge >= 0.3 is 0 Å². The number of carbonyl (C=O) groups excluding carboxylic acids is 1. The Bertz CT molecular complexity index is 1420. The summed E-state index contributed by atoms with van der Waals surface area (Å²) in [5, 5.41) is 4.03. The molecule has 1 aliphatic heterocycles. The van der Waals surface area contributed by atoms with Gasteiger partial charge in [-0.05, 0) is 68.0 Å². The summed E-state index contributed by atoms with van der Waals surface area (Å²) in [5.74, 6) is 1.89. The minimum absolute atomic E-state index is 0.143. The van der Waals surface area contributed by atoms with Crippen molar-refractivity contribution < 1.29 is 9.53 Å². The molecular formula is C31H36N6O2. The topological polar surface area (TPSA) is 98.3 Å². The molecule has 0 spiro atoms. The maximum Gasteiger partial charge on any atom is 0.234 e. The summed E-state index contributed by atoms with van der Waals surface area (Å²) < 4.78 is 8.33. The number of rotatable bonds is 9. The van der Waals surface area contributed by atoms with Crippen molar-refractivity contribution in [3.8, 4) is 16.9 Å². The number of fused-ring (bicyclic) bond motifs is 1. The molecule has 0 bridgehead atoms. The predicted molar refractivity (Wildman–Crippen MR) is 153 cm³/mol. The van der Waals surface area contributed by atoms with Gasteiger partial charge in [0, 0.05) is 24.3 Å². The smallest absolute Gasteiger partial charge is 0.234 e. The van der Waals surface area contributed by atoms with Crippen LogP contribution in [0.1, 0.15) is 43.7 Å². The lowest BCUT2D eigenvalue weighted by molar-refractivity contribution is -0.122. The minimum Gasteiger partial charge on any atom is -0.489 e. The van der Waals surface area contributed by atoms with Gasteiger partial charge in [-0.25, -0.2) is 9.97 Å². The predicted octanol–water partition coefficient (Wildman–Crippen LogP) is 4.81.